The van der Waals surface area contributed by atoms with E-state index in [0.717, 1.165) is 48.6 Å². The molecule has 5 nitrogen and oxygen atoms in total. The number of nitrogens with zero attached hydrogens (tertiary/aromatic N) is 2. The van der Waals surface area contributed by atoms with Crippen molar-refractivity contribution >= 4 is 17.7 Å². The summed E-state index contributed by atoms with van der Waals surface area (Å²) in [7, 11) is 0. The number of aliphatic hydroxyl groups is 1. The highest BCUT2D eigenvalue weighted by molar-refractivity contribution is 8.00. The molecule has 0 saturated carbocycles. The van der Waals surface area contributed by atoms with Crippen LogP contribution in [0.2, 0.25) is 0 Å². The molecule has 4 rings (SSSR count). The number of hydrogen-bond donors (Lipinski definition) is 2. The van der Waals surface area contributed by atoms with Gasteiger partial charge in [-0.25, -0.2) is 4.98 Å². The van der Waals surface area contributed by atoms with Crippen LogP contribution in [-0.2, 0) is 23.4 Å². The van der Waals surface area contributed by atoms with Crippen LogP contribution in [0.1, 0.15) is 44.0 Å². The number of rotatable bonds is 3. The van der Waals surface area contributed by atoms with E-state index in [1.165, 1.54) is 17.3 Å². The van der Waals surface area contributed by atoms with Crippen LogP contribution in [0.5, 0.6) is 0 Å². The highest BCUT2D eigenvalue weighted by atomic mass is 32.2. The minimum absolute atomic E-state index is 0.0632. The molecule has 3 atom stereocenters. The number of carboxylic acid groups (broad SMARTS) is 1. The summed E-state index contributed by atoms with van der Waals surface area (Å²) in [6, 6.07) is 0. The Kier molecular flexibility index (Phi) is 3.84. The maximum absolute atomic E-state index is 11.8. The summed E-state index contributed by atoms with van der Waals surface area (Å²) in [5.74, 6) is -1.00. The van der Waals surface area contributed by atoms with E-state index < -0.39 is 16.9 Å². The summed E-state index contributed by atoms with van der Waals surface area (Å²) in [6.45, 7) is 2.04. The second kappa shape index (κ2) is 5.77. The lowest BCUT2D eigenvalue weighted by Crippen LogP contribution is -2.47. The van der Waals surface area contributed by atoms with Crippen molar-refractivity contribution in [2.45, 2.75) is 61.6 Å². The summed E-state index contributed by atoms with van der Waals surface area (Å²) in [6.07, 6.45) is 10.9. The van der Waals surface area contributed by atoms with Crippen LogP contribution in [0.15, 0.2) is 29.0 Å². The minimum atomic E-state index is -1.22. The van der Waals surface area contributed by atoms with Crippen molar-refractivity contribution in [3.05, 3.63) is 35.2 Å². The first-order valence-electron chi connectivity index (χ1n) is 8.57. The number of carbonyl (C=O) groups is 1. The predicted molar refractivity (Wildman–Crippen MR) is 92.0 cm³/mol. The number of carboxylic acids is 1. The molecule has 1 aromatic rings. The van der Waals surface area contributed by atoms with Crippen LogP contribution < -0.4 is 0 Å². The Labute approximate surface area is 145 Å². The number of imidazole rings is 1. The van der Waals surface area contributed by atoms with Gasteiger partial charge in [-0.3, -0.25) is 9.36 Å². The van der Waals surface area contributed by atoms with Gasteiger partial charge in [-0.05, 0) is 39.0 Å². The maximum atomic E-state index is 11.8. The quantitative estimate of drug-likeness (QED) is 0.880. The van der Waals surface area contributed by atoms with Crippen molar-refractivity contribution in [3.63, 3.8) is 0 Å². The van der Waals surface area contributed by atoms with E-state index in [4.69, 9.17) is 4.98 Å². The first-order valence-corrected chi connectivity index (χ1v) is 9.45. The molecule has 3 unspecified atom stereocenters. The summed E-state index contributed by atoms with van der Waals surface area (Å²) in [5, 5.41) is 21.5. The molecular weight excluding hydrogens is 324 g/mol. The van der Waals surface area contributed by atoms with E-state index in [1.807, 2.05) is 23.6 Å². The van der Waals surface area contributed by atoms with E-state index in [0.29, 0.717) is 0 Å². The Morgan fingerprint density at radius 2 is 2.25 bits per heavy atom. The zero-order valence-corrected chi connectivity index (χ0v) is 14.6. The smallest absolute Gasteiger partial charge is 0.304 e. The van der Waals surface area contributed by atoms with Gasteiger partial charge < -0.3 is 10.2 Å². The van der Waals surface area contributed by atoms with Crippen molar-refractivity contribution in [1.82, 2.24) is 9.55 Å². The molecule has 3 aliphatic rings. The molecule has 0 spiro atoms. The molecule has 0 saturated heterocycles. The first kappa shape index (κ1) is 16.0. The molecule has 0 bridgehead atoms. The third-order valence-corrected chi connectivity index (χ3v) is 6.66. The van der Waals surface area contributed by atoms with Gasteiger partial charge in [-0.1, -0.05) is 35.6 Å². The van der Waals surface area contributed by atoms with Crippen LogP contribution in [-0.4, -0.2) is 31.0 Å². The van der Waals surface area contributed by atoms with Gasteiger partial charge in [0, 0.05) is 11.6 Å². The SMILES string of the molecule is CC1=CCC(C2(O)C(CC(=O)O)Sc3nc4c(n32)CCCC4)C=C1. The number of aliphatic carboxylic acids is 1. The minimum Gasteiger partial charge on any atom is -0.481 e. The number of allylic oxidation sites excluding steroid dienone is 3. The number of fused-ring (bicyclic) bond motifs is 3. The summed E-state index contributed by atoms with van der Waals surface area (Å²) in [5.41, 5.74) is 2.16. The lowest BCUT2D eigenvalue weighted by Gasteiger charge is -2.38. The van der Waals surface area contributed by atoms with E-state index in [2.05, 4.69) is 6.08 Å². The van der Waals surface area contributed by atoms with Gasteiger partial charge >= 0.3 is 5.97 Å². The van der Waals surface area contributed by atoms with Crippen LogP contribution in [0.4, 0.5) is 0 Å². The van der Waals surface area contributed by atoms with Gasteiger partial charge in [0.25, 0.3) is 0 Å². The second-order valence-electron chi connectivity index (χ2n) is 6.97. The number of thioether (sulfide) groups is 1. The Morgan fingerprint density at radius 1 is 1.46 bits per heavy atom. The van der Waals surface area contributed by atoms with Gasteiger partial charge in [-0.15, -0.1) is 0 Å². The van der Waals surface area contributed by atoms with E-state index in [-0.39, 0.29) is 12.3 Å². The fourth-order valence-corrected chi connectivity index (χ4v) is 5.58. The molecule has 2 N–H and O–H groups in total. The predicted octanol–water partition coefficient (Wildman–Crippen LogP) is 2.88. The lowest BCUT2D eigenvalue weighted by molar-refractivity contribution is -0.141. The van der Waals surface area contributed by atoms with Crippen molar-refractivity contribution in [2.75, 3.05) is 0 Å². The Balaban J connectivity index is 1.80. The van der Waals surface area contributed by atoms with E-state index in [1.54, 1.807) is 0 Å². The van der Waals surface area contributed by atoms with Gasteiger partial charge in [0.1, 0.15) is 0 Å². The number of hydrogen-bond acceptors (Lipinski definition) is 4. The number of aryl methyl sites for hydroxylation is 1. The normalized spacial score (nSPS) is 31.5. The third-order valence-electron chi connectivity index (χ3n) is 5.37. The molecule has 0 amide bonds. The van der Waals surface area contributed by atoms with Crippen LogP contribution in [0.25, 0.3) is 0 Å². The third kappa shape index (κ3) is 2.35. The fourth-order valence-electron chi connectivity index (χ4n) is 4.12. The van der Waals surface area contributed by atoms with Crippen molar-refractivity contribution in [1.29, 1.82) is 0 Å². The molecule has 1 aromatic heterocycles. The van der Waals surface area contributed by atoms with Crippen LogP contribution in [0, 0.1) is 5.92 Å². The summed E-state index contributed by atoms with van der Waals surface area (Å²) in [4.78, 5) is 16.1. The molecule has 2 heterocycles. The largest absolute Gasteiger partial charge is 0.481 e. The molecule has 0 radical (unpaired) electrons. The number of aromatic nitrogens is 2. The van der Waals surface area contributed by atoms with E-state index in [9.17, 15) is 15.0 Å². The monoisotopic (exact) mass is 346 g/mol. The average Bonchev–Trinajstić information content (AvgIpc) is 3.03. The highest BCUT2D eigenvalue weighted by Gasteiger charge is 2.53. The summed E-state index contributed by atoms with van der Waals surface area (Å²) >= 11 is 1.43. The molecule has 2 aliphatic carbocycles. The molecule has 1 aliphatic heterocycles. The summed E-state index contributed by atoms with van der Waals surface area (Å²) < 4.78 is 1.98. The standard InChI is InChI=1S/C18H22N2O3S/c1-11-6-8-12(9-7-11)18(23)15(10-16(21)22)24-17-19-13-4-2-3-5-14(13)20(17)18/h6-8,12,15,23H,2-5,9-10H2,1H3,(H,21,22). The van der Waals surface area contributed by atoms with Gasteiger partial charge in [0.15, 0.2) is 10.9 Å². The fraction of sp³-hybridized carbons (Fsp3) is 0.556. The molecule has 0 aromatic carbocycles. The zero-order valence-electron chi connectivity index (χ0n) is 13.7. The van der Waals surface area contributed by atoms with Gasteiger partial charge in [0.05, 0.1) is 17.4 Å². The Bertz CT molecular complexity index is 752. The van der Waals surface area contributed by atoms with Crippen LogP contribution >= 0.6 is 11.8 Å². The van der Waals surface area contributed by atoms with Gasteiger partial charge in [-0.2, -0.15) is 0 Å². The Hall–Kier alpha value is -1.53. The highest BCUT2D eigenvalue weighted by Crippen LogP contribution is 2.51. The van der Waals surface area contributed by atoms with Crippen molar-refractivity contribution in [3.8, 4) is 0 Å². The lowest BCUT2D eigenvalue weighted by atomic mass is 9.83. The van der Waals surface area contributed by atoms with Gasteiger partial charge in [0.2, 0.25) is 0 Å². The van der Waals surface area contributed by atoms with E-state index >= 15 is 0 Å². The first-order chi connectivity index (χ1) is 11.5. The topological polar surface area (TPSA) is 75.3 Å². The maximum Gasteiger partial charge on any atom is 0.304 e. The van der Waals surface area contributed by atoms with Crippen LogP contribution in [0.3, 0.4) is 0 Å². The zero-order chi connectivity index (χ0) is 16.9. The molecule has 6 heteroatoms. The average molecular weight is 346 g/mol. The van der Waals surface area contributed by atoms with Crippen molar-refractivity contribution < 1.29 is 15.0 Å². The molecule has 128 valence electrons. The Morgan fingerprint density at radius 3 is 2.96 bits per heavy atom. The molecule has 24 heavy (non-hydrogen) atoms. The molecular formula is C18H22N2O3S. The second-order valence-corrected chi connectivity index (χ2v) is 8.14. The van der Waals surface area contributed by atoms with Crippen molar-refractivity contribution in [2.24, 2.45) is 5.92 Å². The molecule has 0 fully saturated rings.